The zero-order valence-corrected chi connectivity index (χ0v) is 14.9. The van der Waals surface area contributed by atoms with Crippen LogP contribution in [-0.2, 0) is 0 Å². The molecule has 3 aromatic rings. The third-order valence-corrected chi connectivity index (χ3v) is 5.03. The van der Waals surface area contributed by atoms with Gasteiger partial charge in [-0.2, -0.15) is 0 Å². The van der Waals surface area contributed by atoms with Crippen LogP contribution in [0.4, 0.5) is 0 Å². The molecule has 1 fully saturated rings. The van der Waals surface area contributed by atoms with Crippen molar-refractivity contribution in [3.63, 3.8) is 0 Å². The molecule has 0 radical (unpaired) electrons. The van der Waals surface area contributed by atoms with Crippen LogP contribution in [-0.4, -0.2) is 27.0 Å². The maximum absolute atomic E-state index is 6.45. The number of hydrogen-bond acceptors (Lipinski definition) is 5. The Hall–Kier alpha value is -2.24. The molecular weight excluding hydrogens is 359 g/mol. The Balaban J connectivity index is 1.56. The van der Waals surface area contributed by atoms with Crippen LogP contribution in [0.25, 0.3) is 11.6 Å². The molecule has 1 saturated carbocycles. The van der Waals surface area contributed by atoms with Gasteiger partial charge in [0.25, 0.3) is 0 Å². The van der Waals surface area contributed by atoms with Gasteiger partial charge in [0.1, 0.15) is 0 Å². The predicted octanol–water partition coefficient (Wildman–Crippen LogP) is 4.52. The first kappa shape index (κ1) is 16.2. The molecule has 0 amide bonds. The van der Waals surface area contributed by atoms with Gasteiger partial charge in [-0.3, -0.25) is 0 Å². The second kappa shape index (κ2) is 6.58. The smallest absolute Gasteiger partial charge is 0.197 e. The van der Waals surface area contributed by atoms with E-state index in [4.69, 9.17) is 27.9 Å². The zero-order chi connectivity index (χ0) is 17.4. The van der Waals surface area contributed by atoms with E-state index in [9.17, 15) is 0 Å². The second-order valence-electron chi connectivity index (χ2n) is 5.84. The zero-order valence-electron chi connectivity index (χ0n) is 13.4. The molecule has 126 valence electrons. The van der Waals surface area contributed by atoms with Gasteiger partial charge < -0.3 is 4.74 Å². The monoisotopic (exact) mass is 372 g/mol. The Labute approximate surface area is 155 Å². The second-order valence-corrected chi connectivity index (χ2v) is 6.63. The number of methoxy groups -OCH3 is 1. The number of hydrogen-bond donors (Lipinski definition) is 0. The van der Waals surface area contributed by atoms with Gasteiger partial charge in [-0.25, -0.2) is 19.9 Å². The van der Waals surface area contributed by atoms with Crippen LogP contribution in [0.5, 0.6) is 5.75 Å². The minimum absolute atomic E-state index is 0.320. The molecule has 2 atom stereocenters. The van der Waals surface area contributed by atoms with Gasteiger partial charge in [-0.1, -0.05) is 29.3 Å². The molecule has 0 N–H and O–H groups in total. The predicted molar refractivity (Wildman–Crippen MR) is 96.2 cm³/mol. The summed E-state index contributed by atoms with van der Waals surface area (Å²) in [4.78, 5) is 17.1. The topological polar surface area (TPSA) is 60.8 Å². The number of nitrogens with zero attached hydrogens (tertiary/aromatic N) is 4. The van der Waals surface area contributed by atoms with Crippen molar-refractivity contribution >= 4 is 23.2 Å². The highest BCUT2D eigenvalue weighted by atomic mass is 35.5. The third kappa shape index (κ3) is 3.05. The number of ether oxygens (including phenoxy) is 1. The molecule has 4 rings (SSSR count). The van der Waals surface area contributed by atoms with E-state index < -0.39 is 0 Å². The first-order valence-electron chi connectivity index (χ1n) is 7.80. The fourth-order valence-electron chi connectivity index (χ4n) is 2.99. The van der Waals surface area contributed by atoms with E-state index in [1.165, 1.54) is 0 Å². The third-order valence-electron chi connectivity index (χ3n) is 4.34. The summed E-state index contributed by atoms with van der Waals surface area (Å²) in [5.41, 5.74) is 2.12. The Morgan fingerprint density at radius 1 is 0.960 bits per heavy atom. The molecule has 5 nitrogen and oxygen atoms in total. The van der Waals surface area contributed by atoms with Crippen molar-refractivity contribution in [2.45, 2.75) is 18.3 Å². The molecule has 7 heteroatoms. The maximum atomic E-state index is 6.45. The first-order valence-corrected chi connectivity index (χ1v) is 8.56. The molecule has 0 spiro atoms. The van der Waals surface area contributed by atoms with Gasteiger partial charge in [0.05, 0.1) is 17.2 Å². The Morgan fingerprint density at radius 2 is 1.64 bits per heavy atom. The maximum Gasteiger partial charge on any atom is 0.197 e. The fraction of sp³-hybridized carbons (Fsp3) is 0.222. The molecule has 25 heavy (non-hydrogen) atoms. The first-order chi connectivity index (χ1) is 12.2. The SMILES string of the molecule is COc1c(Cl)ccc([C@@H]2C[C@H]2c2cnc(-c3ncccn3)nc2)c1Cl. The lowest BCUT2D eigenvalue weighted by atomic mass is 10.1. The van der Waals surface area contributed by atoms with Crippen molar-refractivity contribution < 1.29 is 4.74 Å². The van der Waals surface area contributed by atoms with E-state index in [-0.39, 0.29) is 0 Å². The lowest BCUT2D eigenvalue weighted by Gasteiger charge is -2.10. The van der Waals surface area contributed by atoms with Crippen LogP contribution in [0.15, 0.2) is 43.0 Å². The summed E-state index contributed by atoms with van der Waals surface area (Å²) < 4.78 is 5.30. The average Bonchev–Trinajstić information content (AvgIpc) is 3.44. The van der Waals surface area contributed by atoms with Gasteiger partial charge in [-0.15, -0.1) is 0 Å². The molecule has 0 aliphatic heterocycles. The summed E-state index contributed by atoms with van der Waals surface area (Å²) in [7, 11) is 1.57. The lowest BCUT2D eigenvalue weighted by Crippen LogP contribution is -1.96. The van der Waals surface area contributed by atoms with Crippen molar-refractivity contribution in [3.8, 4) is 17.4 Å². The van der Waals surface area contributed by atoms with E-state index in [2.05, 4.69) is 19.9 Å². The molecule has 2 heterocycles. The fourth-order valence-corrected chi connectivity index (χ4v) is 3.65. The largest absolute Gasteiger partial charge is 0.494 e. The van der Waals surface area contributed by atoms with E-state index >= 15 is 0 Å². The number of aromatic nitrogens is 4. The highest BCUT2D eigenvalue weighted by molar-refractivity contribution is 6.37. The number of halogens is 2. The Kier molecular flexibility index (Phi) is 4.27. The van der Waals surface area contributed by atoms with Crippen LogP contribution in [0.2, 0.25) is 10.0 Å². The highest BCUT2D eigenvalue weighted by Gasteiger charge is 2.41. The van der Waals surface area contributed by atoms with Crippen molar-refractivity contribution in [1.29, 1.82) is 0 Å². The average molecular weight is 373 g/mol. The molecule has 2 aromatic heterocycles. The summed E-state index contributed by atoms with van der Waals surface area (Å²) in [5.74, 6) is 2.23. The minimum Gasteiger partial charge on any atom is -0.494 e. The highest BCUT2D eigenvalue weighted by Crippen LogP contribution is 2.57. The lowest BCUT2D eigenvalue weighted by molar-refractivity contribution is 0.414. The van der Waals surface area contributed by atoms with Crippen LogP contribution >= 0.6 is 23.2 Å². The summed E-state index contributed by atoms with van der Waals surface area (Å²) >= 11 is 12.6. The van der Waals surface area contributed by atoms with E-state index in [1.54, 1.807) is 25.6 Å². The number of benzene rings is 1. The molecule has 0 bridgehead atoms. The molecule has 0 saturated heterocycles. The summed E-state index contributed by atoms with van der Waals surface area (Å²) in [5, 5.41) is 1.10. The van der Waals surface area contributed by atoms with Crippen LogP contribution in [0.1, 0.15) is 29.4 Å². The van der Waals surface area contributed by atoms with Crippen LogP contribution < -0.4 is 4.74 Å². The Morgan fingerprint density at radius 3 is 2.32 bits per heavy atom. The van der Waals surface area contributed by atoms with E-state index in [0.29, 0.717) is 39.3 Å². The normalized spacial score (nSPS) is 18.8. The van der Waals surface area contributed by atoms with Crippen molar-refractivity contribution in [2.24, 2.45) is 0 Å². The van der Waals surface area contributed by atoms with E-state index in [0.717, 1.165) is 17.5 Å². The molecular formula is C18H14Cl2N4O. The van der Waals surface area contributed by atoms with Crippen LogP contribution in [0.3, 0.4) is 0 Å². The Bertz CT molecular complexity index is 903. The van der Waals surface area contributed by atoms with Gasteiger partial charge >= 0.3 is 0 Å². The standard InChI is InChI=1S/C18H14Cl2N4O/c1-25-16-14(19)4-3-11(15(16)20)13-7-12(13)10-8-23-18(24-9-10)17-21-5-2-6-22-17/h2-6,8-9,12-13H,7H2,1H3/t12-,13-/m0/s1. The quantitative estimate of drug-likeness (QED) is 0.673. The van der Waals surface area contributed by atoms with Gasteiger partial charge in [0.2, 0.25) is 0 Å². The van der Waals surface area contributed by atoms with Gasteiger partial charge in [-0.05, 0) is 41.5 Å². The molecule has 1 aromatic carbocycles. The summed E-state index contributed by atoms with van der Waals surface area (Å²) in [6.45, 7) is 0. The van der Waals surface area contributed by atoms with Gasteiger partial charge in [0.15, 0.2) is 17.4 Å². The summed E-state index contributed by atoms with van der Waals surface area (Å²) in [6, 6.07) is 5.55. The molecule has 1 aliphatic carbocycles. The van der Waals surface area contributed by atoms with Crippen molar-refractivity contribution in [3.05, 3.63) is 64.2 Å². The van der Waals surface area contributed by atoms with Crippen LogP contribution in [0, 0.1) is 0 Å². The van der Waals surface area contributed by atoms with Gasteiger partial charge in [0, 0.05) is 24.8 Å². The number of rotatable bonds is 4. The van der Waals surface area contributed by atoms with E-state index in [1.807, 2.05) is 24.5 Å². The minimum atomic E-state index is 0.320. The summed E-state index contributed by atoms with van der Waals surface area (Å²) in [6.07, 6.45) is 8.02. The van der Waals surface area contributed by atoms with Crippen molar-refractivity contribution in [1.82, 2.24) is 19.9 Å². The van der Waals surface area contributed by atoms with Crippen molar-refractivity contribution in [2.75, 3.05) is 7.11 Å². The molecule has 0 unspecified atom stereocenters. The molecule has 1 aliphatic rings.